The summed E-state index contributed by atoms with van der Waals surface area (Å²) in [7, 11) is 0. The highest BCUT2D eigenvalue weighted by Crippen LogP contribution is 2.14. The quantitative estimate of drug-likeness (QED) is 0.556. The minimum Gasteiger partial charge on any atom is -0.278 e. The fraction of sp³-hybridized carbons (Fsp3) is 0. The van der Waals surface area contributed by atoms with E-state index < -0.39 is 0 Å². The van der Waals surface area contributed by atoms with Crippen molar-refractivity contribution in [1.29, 1.82) is 0 Å². The summed E-state index contributed by atoms with van der Waals surface area (Å²) in [6.07, 6.45) is 1.79. The zero-order valence-corrected chi connectivity index (χ0v) is 6.10. The standard InChI is InChI=1S/C7H6N2S.H2/c10-6-2-1-5-4-8-9-7(5)3-6;/h1-4,10H,(H,8,9);1H. The molecule has 0 atom stereocenters. The molecule has 0 fully saturated rings. The van der Waals surface area contributed by atoms with E-state index >= 15 is 0 Å². The molecular weight excluding hydrogens is 144 g/mol. The van der Waals surface area contributed by atoms with Gasteiger partial charge in [-0.25, -0.2) is 0 Å². The minimum absolute atomic E-state index is 0. The molecule has 0 spiro atoms. The molecule has 0 bridgehead atoms. The number of aromatic nitrogens is 2. The lowest BCUT2D eigenvalue weighted by molar-refractivity contribution is 1.12. The lowest BCUT2D eigenvalue weighted by Crippen LogP contribution is -1.67. The van der Waals surface area contributed by atoms with Crippen LogP contribution in [0.4, 0.5) is 0 Å². The van der Waals surface area contributed by atoms with Crippen molar-refractivity contribution >= 4 is 23.5 Å². The number of H-pyrrole nitrogens is 1. The highest BCUT2D eigenvalue weighted by Gasteiger charge is 1.92. The average molecular weight is 152 g/mol. The summed E-state index contributed by atoms with van der Waals surface area (Å²) in [4.78, 5) is 0.955. The maximum atomic E-state index is 4.19. The van der Waals surface area contributed by atoms with Crippen LogP contribution in [0.3, 0.4) is 0 Å². The van der Waals surface area contributed by atoms with Crippen molar-refractivity contribution < 1.29 is 1.43 Å². The largest absolute Gasteiger partial charge is 0.278 e. The number of hydrogen-bond donors (Lipinski definition) is 2. The molecule has 0 amide bonds. The minimum atomic E-state index is 0. The van der Waals surface area contributed by atoms with E-state index in [-0.39, 0.29) is 1.43 Å². The van der Waals surface area contributed by atoms with Gasteiger partial charge in [-0.05, 0) is 12.1 Å². The van der Waals surface area contributed by atoms with Crippen LogP contribution in [0.5, 0.6) is 0 Å². The van der Waals surface area contributed by atoms with Gasteiger partial charge in [-0.15, -0.1) is 12.6 Å². The summed E-state index contributed by atoms with van der Waals surface area (Å²) in [5, 5.41) is 7.87. The van der Waals surface area contributed by atoms with Gasteiger partial charge in [-0.3, -0.25) is 5.10 Å². The Hall–Kier alpha value is -0.960. The molecule has 3 heteroatoms. The molecule has 0 aliphatic carbocycles. The summed E-state index contributed by atoms with van der Waals surface area (Å²) < 4.78 is 0. The second kappa shape index (κ2) is 2.02. The normalized spacial score (nSPS) is 10.5. The van der Waals surface area contributed by atoms with Gasteiger partial charge in [0.25, 0.3) is 0 Å². The van der Waals surface area contributed by atoms with Crippen LogP contribution < -0.4 is 0 Å². The molecule has 2 nitrogen and oxygen atoms in total. The van der Waals surface area contributed by atoms with Crippen LogP contribution in [-0.4, -0.2) is 10.2 Å². The Labute approximate surface area is 65.2 Å². The Kier molecular flexibility index (Phi) is 1.17. The van der Waals surface area contributed by atoms with Crippen molar-refractivity contribution in [3.05, 3.63) is 24.4 Å². The van der Waals surface area contributed by atoms with Crippen LogP contribution in [0, 0.1) is 0 Å². The molecule has 2 aromatic rings. The number of hydrogen-bond acceptors (Lipinski definition) is 2. The Bertz CT molecular complexity index is 358. The number of rotatable bonds is 0. The van der Waals surface area contributed by atoms with Gasteiger partial charge in [0.1, 0.15) is 0 Å². The van der Waals surface area contributed by atoms with Crippen LogP contribution in [0.1, 0.15) is 1.43 Å². The van der Waals surface area contributed by atoms with Gasteiger partial charge in [0.15, 0.2) is 0 Å². The Morgan fingerprint density at radius 2 is 2.40 bits per heavy atom. The lowest BCUT2D eigenvalue weighted by Gasteiger charge is -1.88. The predicted octanol–water partition coefficient (Wildman–Crippen LogP) is 2.10. The van der Waals surface area contributed by atoms with Crippen LogP contribution in [0.15, 0.2) is 29.3 Å². The third-order valence-electron chi connectivity index (χ3n) is 1.43. The first-order valence-electron chi connectivity index (χ1n) is 2.98. The van der Waals surface area contributed by atoms with Gasteiger partial charge in [-0.1, -0.05) is 6.07 Å². The molecule has 1 aromatic carbocycles. The van der Waals surface area contributed by atoms with E-state index in [1.807, 2.05) is 18.2 Å². The molecule has 52 valence electrons. The summed E-state index contributed by atoms with van der Waals surface area (Å²) in [6, 6.07) is 5.88. The first-order valence-corrected chi connectivity index (χ1v) is 3.43. The van der Waals surface area contributed by atoms with E-state index in [1.54, 1.807) is 6.20 Å². The van der Waals surface area contributed by atoms with Gasteiger partial charge in [0.05, 0.1) is 11.7 Å². The van der Waals surface area contributed by atoms with Crippen molar-refractivity contribution in [3.63, 3.8) is 0 Å². The molecular formula is C7H8N2S. The molecule has 0 saturated heterocycles. The smallest absolute Gasteiger partial charge is 0.0661 e. The maximum Gasteiger partial charge on any atom is 0.0661 e. The first kappa shape index (κ1) is 5.80. The van der Waals surface area contributed by atoms with Crippen LogP contribution in [-0.2, 0) is 0 Å². The molecule has 1 heterocycles. The second-order valence-corrected chi connectivity index (χ2v) is 2.66. The van der Waals surface area contributed by atoms with Gasteiger partial charge in [-0.2, -0.15) is 5.10 Å². The molecule has 2 rings (SSSR count). The number of nitrogens with one attached hydrogen (secondary N) is 1. The molecule has 0 saturated carbocycles. The average Bonchev–Trinajstić information content (AvgIpc) is 2.33. The highest BCUT2D eigenvalue weighted by atomic mass is 32.1. The highest BCUT2D eigenvalue weighted by molar-refractivity contribution is 7.80. The van der Waals surface area contributed by atoms with E-state index in [0.717, 1.165) is 15.8 Å². The summed E-state index contributed by atoms with van der Waals surface area (Å²) in [5.74, 6) is 0. The zero-order chi connectivity index (χ0) is 6.97. The summed E-state index contributed by atoms with van der Waals surface area (Å²) in [5.41, 5.74) is 1.03. The number of benzene rings is 1. The predicted molar refractivity (Wildman–Crippen MR) is 45.5 cm³/mol. The van der Waals surface area contributed by atoms with Crippen molar-refractivity contribution in [2.24, 2.45) is 0 Å². The number of nitrogens with zero attached hydrogens (tertiary/aromatic N) is 1. The molecule has 1 aromatic heterocycles. The van der Waals surface area contributed by atoms with Crippen LogP contribution in [0.2, 0.25) is 0 Å². The van der Waals surface area contributed by atoms with E-state index in [2.05, 4.69) is 22.8 Å². The maximum absolute atomic E-state index is 4.19. The third-order valence-corrected chi connectivity index (χ3v) is 1.70. The Balaban J connectivity index is 0.000000605. The van der Waals surface area contributed by atoms with Gasteiger partial charge in [0.2, 0.25) is 0 Å². The second-order valence-electron chi connectivity index (χ2n) is 2.14. The van der Waals surface area contributed by atoms with E-state index in [0.29, 0.717) is 0 Å². The van der Waals surface area contributed by atoms with Crippen LogP contribution in [0.25, 0.3) is 10.9 Å². The van der Waals surface area contributed by atoms with E-state index in [4.69, 9.17) is 0 Å². The molecule has 0 unspecified atom stereocenters. The van der Waals surface area contributed by atoms with Gasteiger partial charge >= 0.3 is 0 Å². The fourth-order valence-corrected chi connectivity index (χ4v) is 1.13. The van der Waals surface area contributed by atoms with Crippen molar-refractivity contribution in [1.82, 2.24) is 10.2 Å². The zero-order valence-electron chi connectivity index (χ0n) is 5.20. The fourth-order valence-electron chi connectivity index (χ4n) is 0.925. The lowest BCUT2D eigenvalue weighted by atomic mass is 10.3. The van der Waals surface area contributed by atoms with Gasteiger partial charge < -0.3 is 0 Å². The molecule has 10 heavy (non-hydrogen) atoms. The molecule has 1 N–H and O–H groups in total. The monoisotopic (exact) mass is 152 g/mol. The van der Waals surface area contributed by atoms with E-state index in [1.165, 1.54) is 0 Å². The van der Waals surface area contributed by atoms with Crippen molar-refractivity contribution in [2.45, 2.75) is 4.90 Å². The first-order chi connectivity index (χ1) is 4.86. The Morgan fingerprint density at radius 1 is 1.50 bits per heavy atom. The molecule has 0 aliphatic rings. The van der Waals surface area contributed by atoms with Crippen molar-refractivity contribution in [3.8, 4) is 0 Å². The topological polar surface area (TPSA) is 28.7 Å². The Morgan fingerprint density at radius 3 is 3.30 bits per heavy atom. The summed E-state index contributed by atoms with van der Waals surface area (Å²) >= 11 is 4.19. The van der Waals surface area contributed by atoms with E-state index in [9.17, 15) is 0 Å². The molecule has 0 radical (unpaired) electrons. The molecule has 0 aliphatic heterocycles. The summed E-state index contributed by atoms with van der Waals surface area (Å²) in [6.45, 7) is 0. The van der Waals surface area contributed by atoms with Crippen LogP contribution >= 0.6 is 12.6 Å². The van der Waals surface area contributed by atoms with Gasteiger partial charge in [0, 0.05) is 11.7 Å². The van der Waals surface area contributed by atoms with Crippen molar-refractivity contribution in [2.75, 3.05) is 0 Å². The number of thiol groups is 1. The SMILES string of the molecule is Sc1ccc2cn[nH]c2c1.[HH]. The third kappa shape index (κ3) is 0.789. The number of fused-ring (bicyclic) bond motifs is 1. The number of aromatic amines is 1.